The summed E-state index contributed by atoms with van der Waals surface area (Å²) >= 11 is 0. The quantitative estimate of drug-likeness (QED) is 0.522. The molecule has 1 aromatic heterocycles. The Kier molecular flexibility index (Phi) is 6.98. The van der Waals surface area contributed by atoms with Gasteiger partial charge in [-0.3, -0.25) is 0 Å². The first-order valence-electron chi connectivity index (χ1n) is 6.99. The van der Waals surface area contributed by atoms with E-state index in [1.165, 1.54) is 14.2 Å². The van der Waals surface area contributed by atoms with E-state index < -0.39 is 11.9 Å². The van der Waals surface area contributed by atoms with E-state index in [4.69, 9.17) is 18.9 Å². The van der Waals surface area contributed by atoms with Crippen LogP contribution < -0.4 is 9.47 Å². The summed E-state index contributed by atoms with van der Waals surface area (Å²) in [6.07, 6.45) is -0.0256. The van der Waals surface area contributed by atoms with Crippen molar-refractivity contribution < 1.29 is 28.5 Å². The van der Waals surface area contributed by atoms with Gasteiger partial charge in [0.1, 0.15) is 5.56 Å². The second kappa shape index (κ2) is 8.72. The van der Waals surface area contributed by atoms with Gasteiger partial charge in [0.15, 0.2) is 0 Å². The van der Waals surface area contributed by atoms with Crippen molar-refractivity contribution in [3.05, 3.63) is 23.4 Å². The lowest BCUT2D eigenvalue weighted by Gasteiger charge is -2.13. The molecular formula is C15H20N2O6. The van der Waals surface area contributed by atoms with Crippen molar-refractivity contribution in [2.45, 2.75) is 20.3 Å². The van der Waals surface area contributed by atoms with Gasteiger partial charge in [-0.05, 0) is 13.8 Å². The normalized spacial score (nSPS) is 9.91. The molecule has 0 bridgehead atoms. The fraction of sp³-hybridized carbons (Fsp3) is 0.467. The number of esters is 2. The van der Waals surface area contributed by atoms with Crippen LogP contribution in [0.5, 0.6) is 11.9 Å². The minimum atomic E-state index is -0.654. The largest absolute Gasteiger partial charge is 0.480 e. The van der Waals surface area contributed by atoms with E-state index in [0.29, 0.717) is 0 Å². The van der Waals surface area contributed by atoms with E-state index in [-0.39, 0.29) is 48.4 Å². The number of hydrogen-bond acceptors (Lipinski definition) is 8. The number of rotatable bonds is 8. The van der Waals surface area contributed by atoms with Gasteiger partial charge in [0.25, 0.3) is 0 Å². The van der Waals surface area contributed by atoms with Crippen molar-refractivity contribution in [3.63, 3.8) is 0 Å². The first-order chi connectivity index (χ1) is 11.0. The molecule has 0 spiro atoms. The summed E-state index contributed by atoms with van der Waals surface area (Å²) in [5.41, 5.74) is 0.381. The molecule has 1 rings (SSSR count). The Morgan fingerprint density at radius 3 is 2.22 bits per heavy atom. The zero-order valence-corrected chi connectivity index (χ0v) is 13.7. The number of ether oxygens (including phenoxy) is 4. The van der Waals surface area contributed by atoms with Crippen LogP contribution in [0.15, 0.2) is 12.2 Å². The molecule has 0 aliphatic rings. The molecule has 0 aliphatic heterocycles. The monoisotopic (exact) mass is 324 g/mol. The number of nitrogens with zero attached hydrogens (tertiary/aromatic N) is 2. The third kappa shape index (κ3) is 4.67. The van der Waals surface area contributed by atoms with Crippen molar-refractivity contribution >= 4 is 11.9 Å². The van der Waals surface area contributed by atoms with Crippen molar-refractivity contribution in [3.8, 4) is 11.9 Å². The maximum absolute atomic E-state index is 12.2. The molecule has 0 amide bonds. The Morgan fingerprint density at radius 2 is 1.70 bits per heavy atom. The van der Waals surface area contributed by atoms with Gasteiger partial charge in [-0.15, -0.1) is 0 Å². The van der Waals surface area contributed by atoms with Gasteiger partial charge in [-0.1, -0.05) is 6.58 Å². The van der Waals surface area contributed by atoms with Crippen LogP contribution in [0.4, 0.5) is 0 Å². The Labute approximate surface area is 134 Å². The summed E-state index contributed by atoms with van der Waals surface area (Å²) < 4.78 is 20.0. The Balaban J connectivity index is 3.28. The van der Waals surface area contributed by atoms with Crippen LogP contribution in [0.3, 0.4) is 0 Å². The molecule has 8 nitrogen and oxygen atoms in total. The highest BCUT2D eigenvalue weighted by atomic mass is 16.5. The Hall–Kier alpha value is -2.64. The Bertz CT molecular complexity index is 600. The van der Waals surface area contributed by atoms with Crippen LogP contribution in [-0.2, 0) is 20.7 Å². The number of hydrogen-bond donors (Lipinski definition) is 0. The van der Waals surface area contributed by atoms with E-state index in [2.05, 4.69) is 16.5 Å². The molecule has 0 fully saturated rings. The topological polar surface area (TPSA) is 96.8 Å². The standard InChI is InChI=1S/C15H20N2O6/c1-6-22-13(18)9(3)8-10-11(14(19)23-7-2)12(20-4)17-15(16-10)21-5/h3,6-8H2,1-2,4-5H3. The van der Waals surface area contributed by atoms with Gasteiger partial charge in [0.2, 0.25) is 5.88 Å². The number of aromatic nitrogens is 2. The molecule has 0 saturated carbocycles. The van der Waals surface area contributed by atoms with Crippen molar-refractivity contribution in [2.24, 2.45) is 0 Å². The third-order valence-electron chi connectivity index (χ3n) is 2.73. The van der Waals surface area contributed by atoms with E-state index in [0.717, 1.165) is 0 Å². The number of carbonyl (C=O) groups is 2. The maximum Gasteiger partial charge on any atom is 0.345 e. The molecule has 0 radical (unpaired) electrons. The zero-order chi connectivity index (χ0) is 17.4. The lowest BCUT2D eigenvalue weighted by Crippen LogP contribution is -2.16. The van der Waals surface area contributed by atoms with E-state index in [9.17, 15) is 9.59 Å². The van der Waals surface area contributed by atoms with Crippen LogP contribution in [0.1, 0.15) is 29.9 Å². The van der Waals surface area contributed by atoms with Crippen LogP contribution >= 0.6 is 0 Å². The summed E-state index contributed by atoms with van der Waals surface area (Å²) in [4.78, 5) is 31.9. The Morgan fingerprint density at radius 1 is 1.04 bits per heavy atom. The molecule has 23 heavy (non-hydrogen) atoms. The van der Waals surface area contributed by atoms with Crippen molar-refractivity contribution in [1.82, 2.24) is 9.97 Å². The maximum atomic E-state index is 12.2. The molecule has 0 aromatic carbocycles. The van der Waals surface area contributed by atoms with Crippen LogP contribution in [0, 0.1) is 0 Å². The predicted molar refractivity (Wildman–Crippen MR) is 80.6 cm³/mol. The fourth-order valence-corrected chi connectivity index (χ4v) is 1.75. The second-order valence-corrected chi connectivity index (χ2v) is 4.26. The smallest absolute Gasteiger partial charge is 0.345 e. The van der Waals surface area contributed by atoms with Crippen molar-refractivity contribution in [1.29, 1.82) is 0 Å². The average molecular weight is 324 g/mol. The van der Waals surface area contributed by atoms with E-state index in [1.807, 2.05) is 0 Å². The summed E-state index contributed by atoms with van der Waals surface area (Å²) in [7, 11) is 2.73. The molecule has 126 valence electrons. The van der Waals surface area contributed by atoms with Gasteiger partial charge in [-0.25, -0.2) is 9.59 Å². The van der Waals surface area contributed by atoms with Crippen LogP contribution in [-0.4, -0.2) is 49.3 Å². The van der Waals surface area contributed by atoms with Gasteiger partial charge >= 0.3 is 17.9 Å². The molecule has 8 heteroatoms. The SMILES string of the molecule is C=C(Cc1nc(OC)nc(OC)c1C(=O)OCC)C(=O)OCC. The highest BCUT2D eigenvalue weighted by Gasteiger charge is 2.25. The molecule has 1 heterocycles. The van der Waals surface area contributed by atoms with E-state index >= 15 is 0 Å². The molecular weight excluding hydrogens is 304 g/mol. The van der Waals surface area contributed by atoms with Gasteiger partial charge in [-0.2, -0.15) is 9.97 Å². The lowest BCUT2D eigenvalue weighted by atomic mass is 10.1. The molecule has 0 aliphatic carbocycles. The minimum Gasteiger partial charge on any atom is -0.480 e. The first-order valence-corrected chi connectivity index (χ1v) is 6.99. The van der Waals surface area contributed by atoms with Gasteiger partial charge < -0.3 is 18.9 Å². The molecule has 0 atom stereocenters. The van der Waals surface area contributed by atoms with Crippen LogP contribution in [0.2, 0.25) is 0 Å². The van der Waals surface area contributed by atoms with Gasteiger partial charge in [0, 0.05) is 12.0 Å². The lowest BCUT2D eigenvalue weighted by molar-refractivity contribution is -0.138. The van der Waals surface area contributed by atoms with Crippen LogP contribution in [0.25, 0.3) is 0 Å². The third-order valence-corrected chi connectivity index (χ3v) is 2.73. The summed E-state index contributed by atoms with van der Waals surface area (Å²) in [6, 6.07) is 0.00144. The summed E-state index contributed by atoms with van der Waals surface area (Å²) in [6.45, 7) is 7.41. The average Bonchev–Trinajstić information content (AvgIpc) is 2.54. The minimum absolute atomic E-state index is 0.00144. The molecule has 0 saturated heterocycles. The summed E-state index contributed by atoms with van der Waals surface area (Å²) in [5.74, 6) is -1.22. The second-order valence-electron chi connectivity index (χ2n) is 4.26. The van der Waals surface area contributed by atoms with Gasteiger partial charge in [0.05, 0.1) is 33.1 Å². The fourth-order valence-electron chi connectivity index (χ4n) is 1.75. The van der Waals surface area contributed by atoms with Crippen molar-refractivity contribution in [2.75, 3.05) is 27.4 Å². The zero-order valence-electron chi connectivity index (χ0n) is 13.7. The number of carbonyl (C=O) groups excluding carboxylic acids is 2. The molecule has 1 aromatic rings. The first kappa shape index (κ1) is 18.4. The highest BCUT2D eigenvalue weighted by molar-refractivity contribution is 5.94. The highest BCUT2D eigenvalue weighted by Crippen LogP contribution is 2.24. The predicted octanol–water partition coefficient (Wildman–Crippen LogP) is 1.33. The summed E-state index contributed by atoms with van der Waals surface area (Å²) in [5, 5.41) is 0. The van der Waals surface area contributed by atoms with E-state index in [1.54, 1.807) is 13.8 Å². The molecule has 0 N–H and O–H groups in total. The molecule has 0 unspecified atom stereocenters. The number of methoxy groups -OCH3 is 2.